The van der Waals surface area contributed by atoms with E-state index in [1.165, 1.54) is 0 Å². The van der Waals surface area contributed by atoms with Gasteiger partial charge in [-0.15, -0.1) is 0 Å². The van der Waals surface area contributed by atoms with Crippen molar-refractivity contribution < 1.29 is 14.7 Å². The Kier molecular flexibility index (Phi) is 4.24. The highest BCUT2D eigenvalue weighted by Gasteiger charge is 2.39. The Labute approximate surface area is 145 Å². The fraction of sp³-hybridized carbons (Fsp3) is 0.0588. The highest BCUT2D eigenvalue weighted by atomic mass is 79.9. The van der Waals surface area contributed by atoms with Crippen LogP contribution >= 0.6 is 27.5 Å². The van der Waals surface area contributed by atoms with E-state index in [0.29, 0.717) is 16.1 Å². The molecule has 0 radical (unpaired) electrons. The minimum Gasteiger partial charge on any atom is -0.507 e. The number of carbonyl (C=O) groups is 2. The first-order valence-corrected chi connectivity index (χ1v) is 7.94. The van der Waals surface area contributed by atoms with Crippen LogP contribution in [0.4, 0.5) is 0 Å². The standard InChI is InChI=1S/C17H11BrClNO3/c18-11-5-1-9(2-6-11)14-13(16(22)17(23)20-14)15(21)10-3-7-12(19)8-4-10/h1-8,14,21H,(H,20,23)/t14-/m0/s1. The van der Waals surface area contributed by atoms with Gasteiger partial charge in [0, 0.05) is 15.1 Å². The number of nitrogens with one attached hydrogen (secondary N) is 1. The lowest BCUT2D eigenvalue weighted by atomic mass is 9.96. The second kappa shape index (κ2) is 6.18. The Hall–Kier alpha value is -2.11. The lowest BCUT2D eigenvalue weighted by molar-refractivity contribution is -0.133. The molecule has 0 spiro atoms. The number of aliphatic hydroxyl groups excluding tert-OH is 1. The van der Waals surface area contributed by atoms with Gasteiger partial charge in [-0.05, 0) is 42.0 Å². The molecule has 0 aromatic heterocycles. The van der Waals surface area contributed by atoms with E-state index in [4.69, 9.17) is 11.6 Å². The van der Waals surface area contributed by atoms with Crippen molar-refractivity contribution in [2.45, 2.75) is 6.04 Å². The van der Waals surface area contributed by atoms with Crippen molar-refractivity contribution in [2.75, 3.05) is 0 Å². The number of ketones is 1. The van der Waals surface area contributed by atoms with E-state index in [2.05, 4.69) is 21.2 Å². The van der Waals surface area contributed by atoms with Crippen LogP contribution in [0.5, 0.6) is 0 Å². The van der Waals surface area contributed by atoms with E-state index >= 15 is 0 Å². The van der Waals surface area contributed by atoms with E-state index < -0.39 is 17.7 Å². The van der Waals surface area contributed by atoms with Crippen LogP contribution < -0.4 is 5.32 Å². The van der Waals surface area contributed by atoms with Crippen LogP contribution in [-0.4, -0.2) is 16.8 Å². The number of Topliss-reactive ketones (excluding diaryl/α,β-unsaturated/α-hetero) is 1. The highest BCUT2D eigenvalue weighted by molar-refractivity contribution is 9.10. The predicted molar refractivity (Wildman–Crippen MR) is 91.0 cm³/mol. The fourth-order valence-electron chi connectivity index (χ4n) is 2.43. The lowest BCUT2D eigenvalue weighted by Crippen LogP contribution is -2.21. The maximum atomic E-state index is 12.2. The second-order valence-electron chi connectivity index (χ2n) is 5.06. The molecule has 0 bridgehead atoms. The van der Waals surface area contributed by atoms with Gasteiger partial charge in [0.1, 0.15) is 5.76 Å². The number of hydrogen-bond donors (Lipinski definition) is 2. The number of hydrogen-bond acceptors (Lipinski definition) is 3. The molecular weight excluding hydrogens is 382 g/mol. The Bertz CT molecular complexity index is 813. The molecule has 4 nitrogen and oxygen atoms in total. The zero-order valence-electron chi connectivity index (χ0n) is 11.7. The molecule has 3 rings (SSSR count). The smallest absolute Gasteiger partial charge is 0.293 e. The molecule has 1 aliphatic heterocycles. The second-order valence-corrected chi connectivity index (χ2v) is 6.41. The van der Waals surface area contributed by atoms with Crippen molar-refractivity contribution >= 4 is 45.0 Å². The Morgan fingerprint density at radius 3 is 2.26 bits per heavy atom. The summed E-state index contributed by atoms with van der Waals surface area (Å²) < 4.78 is 0.879. The molecular formula is C17H11BrClNO3. The number of amides is 1. The van der Waals surface area contributed by atoms with Crippen LogP contribution in [0.2, 0.25) is 5.02 Å². The number of rotatable bonds is 2. The zero-order valence-corrected chi connectivity index (χ0v) is 14.1. The average Bonchev–Trinajstić information content (AvgIpc) is 2.84. The third-order valence-electron chi connectivity index (χ3n) is 3.59. The molecule has 1 amide bonds. The number of carbonyl (C=O) groups excluding carboxylic acids is 2. The molecule has 2 N–H and O–H groups in total. The average molecular weight is 393 g/mol. The quantitative estimate of drug-likeness (QED) is 0.464. The van der Waals surface area contributed by atoms with E-state index in [0.717, 1.165) is 4.47 Å². The molecule has 23 heavy (non-hydrogen) atoms. The molecule has 1 fully saturated rings. The van der Waals surface area contributed by atoms with Gasteiger partial charge in [-0.2, -0.15) is 0 Å². The van der Waals surface area contributed by atoms with Gasteiger partial charge in [-0.1, -0.05) is 39.7 Å². The third-order valence-corrected chi connectivity index (χ3v) is 4.37. The van der Waals surface area contributed by atoms with Crippen LogP contribution in [0.15, 0.2) is 58.6 Å². The first-order valence-electron chi connectivity index (χ1n) is 6.77. The van der Waals surface area contributed by atoms with Gasteiger partial charge in [0.05, 0.1) is 11.6 Å². The highest BCUT2D eigenvalue weighted by Crippen LogP contribution is 2.33. The Morgan fingerprint density at radius 1 is 1.04 bits per heavy atom. The molecule has 2 aromatic carbocycles. The van der Waals surface area contributed by atoms with Gasteiger partial charge in [0.2, 0.25) is 0 Å². The molecule has 0 aliphatic carbocycles. The van der Waals surface area contributed by atoms with Gasteiger partial charge < -0.3 is 10.4 Å². The summed E-state index contributed by atoms with van der Waals surface area (Å²) in [4.78, 5) is 24.0. The normalized spacial score (nSPS) is 19.7. The summed E-state index contributed by atoms with van der Waals surface area (Å²) in [6.07, 6.45) is 0. The molecule has 1 aliphatic rings. The monoisotopic (exact) mass is 391 g/mol. The van der Waals surface area contributed by atoms with E-state index in [1.54, 1.807) is 48.5 Å². The SMILES string of the molecule is O=C1N[C@@H](c2ccc(Br)cc2)C(=C(O)c2ccc(Cl)cc2)C1=O. The van der Waals surface area contributed by atoms with E-state index in [9.17, 15) is 14.7 Å². The van der Waals surface area contributed by atoms with Crippen LogP contribution in [0, 0.1) is 0 Å². The molecule has 1 atom stereocenters. The van der Waals surface area contributed by atoms with Gasteiger partial charge in [-0.25, -0.2) is 0 Å². The fourth-order valence-corrected chi connectivity index (χ4v) is 2.83. The first kappa shape index (κ1) is 15.8. The molecule has 1 saturated heterocycles. The van der Waals surface area contributed by atoms with Crippen molar-refractivity contribution in [3.8, 4) is 0 Å². The minimum absolute atomic E-state index is 0.0413. The first-order chi connectivity index (χ1) is 11.0. The van der Waals surface area contributed by atoms with Gasteiger partial charge in [0.15, 0.2) is 0 Å². The maximum Gasteiger partial charge on any atom is 0.293 e. The van der Waals surface area contributed by atoms with Crippen molar-refractivity contribution in [1.82, 2.24) is 5.32 Å². The largest absolute Gasteiger partial charge is 0.507 e. The Morgan fingerprint density at radius 2 is 1.65 bits per heavy atom. The number of benzene rings is 2. The van der Waals surface area contributed by atoms with Crippen molar-refractivity contribution in [3.05, 3.63) is 74.7 Å². The van der Waals surface area contributed by atoms with E-state index in [1.807, 2.05) is 0 Å². The van der Waals surface area contributed by atoms with Crippen molar-refractivity contribution in [2.24, 2.45) is 0 Å². The molecule has 1 heterocycles. The summed E-state index contributed by atoms with van der Waals surface area (Å²) in [5.74, 6) is -1.68. The summed E-state index contributed by atoms with van der Waals surface area (Å²) in [6, 6.07) is 12.9. The summed E-state index contributed by atoms with van der Waals surface area (Å²) in [5, 5.41) is 13.6. The van der Waals surface area contributed by atoms with Gasteiger partial charge in [-0.3, -0.25) is 9.59 Å². The van der Waals surface area contributed by atoms with Crippen LogP contribution in [0.1, 0.15) is 17.2 Å². The summed E-state index contributed by atoms with van der Waals surface area (Å²) in [6.45, 7) is 0. The van der Waals surface area contributed by atoms with Crippen molar-refractivity contribution in [1.29, 1.82) is 0 Å². The number of aliphatic hydroxyl groups is 1. The van der Waals surface area contributed by atoms with Gasteiger partial charge in [0.25, 0.3) is 11.7 Å². The topological polar surface area (TPSA) is 66.4 Å². The molecule has 0 unspecified atom stereocenters. The minimum atomic E-state index is -0.731. The molecule has 2 aromatic rings. The molecule has 0 saturated carbocycles. The van der Waals surface area contributed by atoms with Crippen molar-refractivity contribution in [3.63, 3.8) is 0 Å². The summed E-state index contributed by atoms with van der Waals surface area (Å²) in [5.41, 5.74) is 1.18. The summed E-state index contributed by atoms with van der Waals surface area (Å²) in [7, 11) is 0. The van der Waals surface area contributed by atoms with E-state index in [-0.39, 0.29) is 11.3 Å². The molecule has 6 heteroatoms. The molecule has 116 valence electrons. The summed E-state index contributed by atoms with van der Waals surface area (Å²) >= 11 is 9.17. The van der Waals surface area contributed by atoms with Crippen LogP contribution in [0.25, 0.3) is 5.76 Å². The predicted octanol–water partition coefficient (Wildman–Crippen LogP) is 3.81. The Balaban J connectivity index is 2.10. The number of halogens is 2. The maximum absolute atomic E-state index is 12.2. The van der Waals surface area contributed by atoms with Crippen LogP contribution in [-0.2, 0) is 9.59 Å². The van der Waals surface area contributed by atoms with Gasteiger partial charge >= 0.3 is 0 Å². The zero-order chi connectivity index (χ0) is 16.6. The third kappa shape index (κ3) is 3.02. The lowest BCUT2D eigenvalue weighted by Gasteiger charge is -2.13. The van der Waals surface area contributed by atoms with Crippen LogP contribution in [0.3, 0.4) is 0 Å².